The van der Waals surface area contributed by atoms with Gasteiger partial charge in [0.1, 0.15) is 28.6 Å². The van der Waals surface area contributed by atoms with Gasteiger partial charge in [-0.2, -0.15) is 0 Å². The number of carboxylic acid groups (broad SMARTS) is 1. The predicted octanol–water partition coefficient (Wildman–Crippen LogP) is 3.39. The van der Waals surface area contributed by atoms with Crippen molar-refractivity contribution < 1.29 is 32.2 Å². The SMILES string of the molecule is CCOc1ccc(F)c(C(=O)O)c1NS(=O)(=O)c1ccc(OC)c(Cl)c1. The summed E-state index contributed by atoms with van der Waals surface area (Å²) in [5.41, 5.74) is -1.36. The van der Waals surface area contributed by atoms with Crippen LogP contribution in [0.2, 0.25) is 5.02 Å². The van der Waals surface area contributed by atoms with Crippen molar-refractivity contribution >= 4 is 33.3 Å². The number of carbonyl (C=O) groups is 1. The van der Waals surface area contributed by atoms with Crippen LogP contribution in [-0.2, 0) is 10.0 Å². The number of methoxy groups -OCH3 is 1. The molecule has 140 valence electrons. The number of aromatic carboxylic acids is 1. The van der Waals surface area contributed by atoms with Crippen LogP contribution < -0.4 is 14.2 Å². The molecule has 0 unspecified atom stereocenters. The molecule has 0 spiro atoms. The Labute approximate surface area is 154 Å². The van der Waals surface area contributed by atoms with E-state index in [0.717, 1.165) is 18.2 Å². The molecular formula is C16H15ClFNO6S. The molecule has 0 atom stereocenters. The molecule has 7 nitrogen and oxygen atoms in total. The van der Waals surface area contributed by atoms with Gasteiger partial charge in [-0.1, -0.05) is 11.6 Å². The van der Waals surface area contributed by atoms with Crippen molar-refractivity contribution in [1.29, 1.82) is 0 Å². The molecule has 0 bridgehead atoms. The lowest BCUT2D eigenvalue weighted by atomic mass is 10.1. The van der Waals surface area contributed by atoms with E-state index >= 15 is 0 Å². The number of sulfonamides is 1. The lowest BCUT2D eigenvalue weighted by molar-refractivity contribution is 0.0692. The van der Waals surface area contributed by atoms with Gasteiger partial charge < -0.3 is 14.6 Å². The maximum Gasteiger partial charge on any atom is 0.340 e. The summed E-state index contributed by atoms with van der Waals surface area (Å²) < 4.78 is 51.4. The van der Waals surface area contributed by atoms with Crippen molar-refractivity contribution in [2.75, 3.05) is 18.4 Å². The molecule has 26 heavy (non-hydrogen) atoms. The number of carboxylic acids is 1. The van der Waals surface area contributed by atoms with Crippen LogP contribution in [-0.4, -0.2) is 33.2 Å². The first kappa shape index (κ1) is 19.8. The molecule has 0 radical (unpaired) electrons. The van der Waals surface area contributed by atoms with Crippen molar-refractivity contribution in [3.8, 4) is 11.5 Å². The number of ether oxygens (including phenoxy) is 2. The number of nitrogens with one attached hydrogen (secondary N) is 1. The van der Waals surface area contributed by atoms with E-state index in [1.807, 2.05) is 0 Å². The van der Waals surface area contributed by atoms with Crippen molar-refractivity contribution in [3.05, 3.63) is 46.7 Å². The third-order valence-corrected chi connectivity index (χ3v) is 4.94. The molecule has 10 heteroatoms. The Balaban J connectivity index is 2.57. The molecule has 0 saturated carbocycles. The maximum absolute atomic E-state index is 14.0. The van der Waals surface area contributed by atoms with E-state index < -0.39 is 33.1 Å². The molecule has 0 aliphatic rings. The van der Waals surface area contributed by atoms with Crippen LogP contribution in [0.1, 0.15) is 17.3 Å². The Bertz CT molecular complexity index is 948. The maximum atomic E-state index is 14.0. The summed E-state index contributed by atoms with van der Waals surface area (Å²) in [6, 6.07) is 5.71. The number of anilines is 1. The summed E-state index contributed by atoms with van der Waals surface area (Å²) in [6.07, 6.45) is 0. The summed E-state index contributed by atoms with van der Waals surface area (Å²) in [7, 11) is -2.91. The largest absolute Gasteiger partial charge is 0.495 e. The zero-order valence-electron chi connectivity index (χ0n) is 13.7. The highest BCUT2D eigenvalue weighted by atomic mass is 35.5. The van der Waals surface area contributed by atoms with Crippen LogP contribution in [0.25, 0.3) is 0 Å². The first-order valence-corrected chi connectivity index (χ1v) is 9.12. The highest BCUT2D eigenvalue weighted by molar-refractivity contribution is 7.92. The fourth-order valence-corrected chi connectivity index (χ4v) is 3.58. The molecule has 0 aromatic heterocycles. The van der Waals surface area contributed by atoms with Gasteiger partial charge in [0.25, 0.3) is 10.0 Å². The summed E-state index contributed by atoms with van der Waals surface area (Å²) in [6.45, 7) is 1.74. The van der Waals surface area contributed by atoms with E-state index in [-0.39, 0.29) is 28.0 Å². The van der Waals surface area contributed by atoms with Crippen molar-refractivity contribution in [2.45, 2.75) is 11.8 Å². The molecule has 2 N–H and O–H groups in total. The molecule has 2 rings (SSSR count). The van der Waals surface area contributed by atoms with Crippen LogP contribution in [0.5, 0.6) is 11.5 Å². The summed E-state index contributed by atoms with van der Waals surface area (Å²) in [5.74, 6) is -2.60. The van der Waals surface area contributed by atoms with Gasteiger partial charge in [-0.3, -0.25) is 4.72 Å². The standard InChI is InChI=1S/C16H15ClFNO6S/c1-3-25-13-7-5-11(18)14(16(20)21)15(13)19-26(22,23)9-4-6-12(24-2)10(17)8-9/h4-8,19H,3H2,1-2H3,(H,20,21). The zero-order chi connectivity index (χ0) is 19.5. The molecule has 0 saturated heterocycles. The molecule has 2 aromatic carbocycles. The van der Waals surface area contributed by atoms with Crippen molar-refractivity contribution in [1.82, 2.24) is 0 Å². The minimum atomic E-state index is -4.27. The molecule has 0 amide bonds. The Morgan fingerprint density at radius 1 is 1.27 bits per heavy atom. The molecular weight excluding hydrogens is 389 g/mol. The van der Waals surface area contributed by atoms with Crippen LogP contribution >= 0.6 is 11.6 Å². The average molecular weight is 404 g/mol. The summed E-state index contributed by atoms with van der Waals surface area (Å²) >= 11 is 5.93. The zero-order valence-corrected chi connectivity index (χ0v) is 15.3. The van der Waals surface area contributed by atoms with Gasteiger partial charge in [0.2, 0.25) is 0 Å². The number of hydrogen-bond donors (Lipinski definition) is 2. The fraction of sp³-hybridized carbons (Fsp3) is 0.188. The van der Waals surface area contributed by atoms with E-state index in [0.29, 0.717) is 0 Å². The molecule has 0 aliphatic carbocycles. The lowest BCUT2D eigenvalue weighted by Gasteiger charge is -2.16. The first-order valence-electron chi connectivity index (χ1n) is 7.26. The third kappa shape index (κ3) is 4.00. The van der Waals surface area contributed by atoms with Crippen LogP contribution in [0.4, 0.5) is 10.1 Å². The number of halogens is 2. The molecule has 2 aromatic rings. The molecule has 0 heterocycles. The monoisotopic (exact) mass is 403 g/mol. The normalized spacial score (nSPS) is 11.1. The van der Waals surface area contributed by atoms with Crippen molar-refractivity contribution in [3.63, 3.8) is 0 Å². The number of hydrogen-bond acceptors (Lipinski definition) is 5. The average Bonchev–Trinajstić information content (AvgIpc) is 2.56. The smallest absolute Gasteiger partial charge is 0.340 e. The Morgan fingerprint density at radius 2 is 1.92 bits per heavy atom. The van der Waals surface area contributed by atoms with Gasteiger partial charge in [0, 0.05) is 0 Å². The Hall–Kier alpha value is -2.52. The van der Waals surface area contributed by atoms with Crippen LogP contribution in [0, 0.1) is 5.82 Å². The second-order valence-electron chi connectivity index (χ2n) is 4.94. The Kier molecular flexibility index (Phi) is 5.94. The van der Waals surface area contributed by atoms with Crippen molar-refractivity contribution in [2.24, 2.45) is 0 Å². The summed E-state index contributed by atoms with van der Waals surface area (Å²) in [4.78, 5) is 11.1. The van der Waals surface area contributed by atoms with Crippen LogP contribution in [0.15, 0.2) is 35.2 Å². The van der Waals surface area contributed by atoms with Crippen LogP contribution in [0.3, 0.4) is 0 Å². The minimum Gasteiger partial charge on any atom is -0.495 e. The van der Waals surface area contributed by atoms with Gasteiger partial charge in [-0.15, -0.1) is 0 Å². The number of rotatable bonds is 7. The summed E-state index contributed by atoms with van der Waals surface area (Å²) in [5, 5.41) is 9.29. The van der Waals surface area contributed by atoms with Gasteiger partial charge in [0.15, 0.2) is 0 Å². The molecule has 0 fully saturated rings. The third-order valence-electron chi connectivity index (χ3n) is 3.30. The van der Waals surface area contributed by atoms with E-state index in [4.69, 9.17) is 21.1 Å². The number of benzene rings is 2. The van der Waals surface area contributed by atoms with Gasteiger partial charge in [-0.25, -0.2) is 17.6 Å². The quantitative estimate of drug-likeness (QED) is 0.734. The topological polar surface area (TPSA) is 102 Å². The highest BCUT2D eigenvalue weighted by Crippen LogP contribution is 2.34. The van der Waals surface area contributed by atoms with Gasteiger partial charge in [-0.05, 0) is 37.3 Å². The lowest BCUT2D eigenvalue weighted by Crippen LogP contribution is -2.18. The van der Waals surface area contributed by atoms with Gasteiger partial charge >= 0.3 is 5.97 Å². The Morgan fingerprint density at radius 3 is 2.46 bits per heavy atom. The minimum absolute atomic E-state index is 0.0399. The first-order chi connectivity index (χ1) is 12.2. The van der Waals surface area contributed by atoms with E-state index in [1.165, 1.54) is 19.2 Å². The van der Waals surface area contributed by atoms with E-state index in [9.17, 15) is 22.7 Å². The van der Waals surface area contributed by atoms with E-state index in [1.54, 1.807) is 6.92 Å². The van der Waals surface area contributed by atoms with Gasteiger partial charge in [0.05, 0.1) is 23.6 Å². The fourth-order valence-electron chi connectivity index (χ4n) is 2.15. The second-order valence-corrected chi connectivity index (χ2v) is 7.03. The predicted molar refractivity (Wildman–Crippen MR) is 93.3 cm³/mol. The molecule has 0 aliphatic heterocycles. The van der Waals surface area contributed by atoms with E-state index in [2.05, 4.69) is 4.72 Å². The highest BCUT2D eigenvalue weighted by Gasteiger charge is 2.26. The second kappa shape index (κ2) is 7.79.